The van der Waals surface area contributed by atoms with Gasteiger partial charge in [0, 0.05) is 4.47 Å². The Balaban J connectivity index is 3.08. The van der Waals surface area contributed by atoms with Crippen molar-refractivity contribution in [3.8, 4) is 5.75 Å². The van der Waals surface area contributed by atoms with Gasteiger partial charge in [-0.05, 0) is 38.0 Å². The van der Waals surface area contributed by atoms with Crippen LogP contribution in [0.15, 0.2) is 16.6 Å². The van der Waals surface area contributed by atoms with Crippen LogP contribution >= 0.6 is 15.9 Å². The number of carbonyl (C=O) groups is 1. The Bertz CT molecular complexity index is 415. The highest BCUT2D eigenvalue weighted by Crippen LogP contribution is 2.29. The van der Waals surface area contributed by atoms with Crippen LogP contribution in [0.25, 0.3) is 0 Å². The minimum Gasteiger partial charge on any atom is -0.490 e. The molecule has 1 N–H and O–H groups in total. The molecular formula is C13H17BrO3. The SMILES string of the molecule is CCCC(C)Oc1c(C)cc(Br)cc1C(=O)O. The van der Waals surface area contributed by atoms with Crippen LogP contribution in [0.2, 0.25) is 0 Å². The maximum atomic E-state index is 11.2. The molecule has 1 rings (SSSR count). The average Bonchev–Trinajstić information content (AvgIpc) is 2.21. The fraction of sp³-hybridized carbons (Fsp3) is 0.462. The summed E-state index contributed by atoms with van der Waals surface area (Å²) in [4.78, 5) is 11.2. The molecule has 94 valence electrons. The van der Waals surface area contributed by atoms with Crippen molar-refractivity contribution in [1.29, 1.82) is 0 Å². The Morgan fingerprint density at radius 2 is 2.18 bits per heavy atom. The van der Waals surface area contributed by atoms with Gasteiger partial charge in [-0.1, -0.05) is 29.3 Å². The summed E-state index contributed by atoms with van der Waals surface area (Å²) in [5.41, 5.74) is 1.04. The zero-order chi connectivity index (χ0) is 13.0. The second kappa shape index (κ2) is 6.05. The van der Waals surface area contributed by atoms with Gasteiger partial charge in [-0.3, -0.25) is 0 Å². The molecule has 0 aliphatic rings. The van der Waals surface area contributed by atoms with Crippen LogP contribution < -0.4 is 4.74 Å². The molecule has 3 nitrogen and oxygen atoms in total. The van der Waals surface area contributed by atoms with E-state index in [0.29, 0.717) is 5.75 Å². The third kappa shape index (κ3) is 3.73. The van der Waals surface area contributed by atoms with Gasteiger partial charge in [0.25, 0.3) is 0 Å². The fourth-order valence-electron chi connectivity index (χ4n) is 1.71. The Kier molecular flexibility index (Phi) is 5.00. The molecule has 0 radical (unpaired) electrons. The maximum Gasteiger partial charge on any atom is 0.339 e. The molecule has 0 saturated carbocycles. The van der Waals surface area contributed by atoms with E-state index < -0.39 is 5.97 Å². The van der Waals surface area contributed by atoms with Crippen molar-refractivity contribution in [2.24, 2.45) is 0 Å². The number of ether oxygens (including phenoxy) is 1. The van der Waals surface area contributed by atoms with Crippen molar-refractivity contribution < 1.29 is 14.6 Å². The van der Waals surface area contributed by atoms with Crippen LogP contribution in [0.5, 0.6) is 5.75 Å². The van der Waals surface area contributed by atoms with Gasteiger partial charge in [0.1, 0.15) is 11.3 Å². The van der Waals surface area contributed by atoms with Crippen LogP contribution in [-0.4, -0.2) is 17.2 Å². The summed E-state index contributed by atoms with van der Waals surface area (Å²) in [5, 5.41) is 9.16. The first kappa shape index (κ1) is 14.0. The number of aryl methyl sites for hydroxylation is 1. The van der Waals surface area contributed by atoms with Crippen LogP contribution in [0.3, 0.4) is 0 Å². The van der Waals surface area contributed by atoms with Gasteiger partial charge < -0.3 is 9.84 Å². The number of hydrogen-bond donors (Lipinski definition) is 1. The molecule has 0 heterocycles. The zero-order valence-electron chi connectivity index (χ0n) is 10.3. The second-order valence-electron chi connectivity index (χ2n) is 4.12. The topological polar surface area (TPSA) is 46.5 Å². The average molecular weight is 301 g/mol. The first-order valence-corrected chi connectivity index (χ1v) is 6.45. The van der Waals surface area contributed by atoms with E-state index in [4.69, 9.17) is 9.84 Å². The monoisotopic (exact) mass is 300 g/mol. The molecule has 0 spiro atoms. The van der Waals surface area contributed by atoms with E-state index in [0.717, 1.165) is 22.9 Å². The molecule has 0 aliphatic heterocycles. The van der Waals surface area contributed by atoms with Gasteiger partial charge in [0.15, 0.2) is 0 Å². The molecule has 1 aromatic rings. The van der Waals surface area contributed by atoms with Gasteiger partial charge in [-0.2, -0.15) is 0 Å². The third-order valence-corrected chi connectivity index (χ3v) is 2.94. The molecule has 0 amide bonds. The van der Waals surface area contributed by atoms with Crippen molar-refractivity contribution in [3.05, 3.63) is 27.7 Å². The Morgan fingerprint density at radius 1 is 1.53 bits per heavy atom. The number of benzene rings is 1. The molecule has 4 heteroatoms. The van der Waals surface area contributed by atoms with Crippen LogP contribution in [0.4, 0.5) is 0 Å². The molecule has 17 heavy (non-hydrogen) atoms. The van der Waals surface area contributed by atoms with Crippen molar-refractivity contribution in [1.82, 2.24) is 0 Å². The molecule has 1 unspecified atom stereocenters. The molecule has 0 fully saturated rings. The number of halogens is 1. The summed E-state index contributed by atoms with van der Waals surface area (Å²) in [6.45, 7) is 5.88. The second-order valence-corrected chi connectivity index (χ2v) is 5.04. The summed E-state index contributed by atoms with van der Waals surface area (Å²) in [6.07, 6.45) is 1.95. The van der Waals surface area contributed by atoms with E-state index in [9.17, 15) is 4.79 Å². The predicted octanol–water partition coefficient (Wildman–Crippen LogP) is 4.02. The minimum absolute atomic E-state index is 0.0259. The molecule has 0 bridgehead atoms. The van der Waals surface area contributed by atoms with Crippen molar-refractivity contribution in [3.63, 3.8) is 0 Å². The molecule has 0 aromatic heterocycles. The van der Waals surface area contributed by atoms with Gasteiger partial charge in [-0.15, -0.1) is 0 Å². The number of carboxylic acid groups (broad SMARTS) is 1. The van der Waals surface area contributed by atoms with Gasteiger partial charge >= 0.3 is 5.97 Å². The van der Waals surface area contributed by atoms with Gasteiger partial charge in [-0.25, -0.2) is 4.79 Å². The van der Waals surface area contributed by atoms with E-state index in [2.05, 4.69) is 22.9 Å². The van der Waals surface area contributed by atoms with Crippen molar-refractivity contribution in [2.75, 3.05) is 0 Å². The van der Waals surface area contributed by atoms with Crippen molar-refractivity contribution >= 4 is 21.9 Å². The van der Waals surface area contributed by atoms with E-state index >= 15 is 0 Å². The lowest BCUT2D eigenvalue weighted by atomic mass is 10.1. The summed E-state index contributed by atoms with van der Waals surface area (Å²) < 4.78 is 6.48. The normalized spacial score (nSPS) is 12.2. The highest BCUT2D eigenvalue weighted by molar-refractivity contribution is 9.10. The highest BCUT2D eigenvalue weighted by atomic mass is 79.9. The Labute approximate surface area is 110 Å². The first-order chi connectivity index (χ1) is 7.95. The zero-order valence-corrected chi connectivity index (χ0v) is 11.9. The Morgan fingerprint density at radius 3 is 2.71 bits per heavy atom. The number of rotatable bonds is 5. The fourth-order valence-corrected chi connectivity index (χ4v) is 2.28. The van der Waals surface area contributed by atoms with Crippen LogP contribution in [-0.2, 0) is 0 Å². The number of hydrogen-bond acceptors (Lipinski definition) is 2. The van der Waals surface area contributed by atoms with E-state index in [-0.39, 0.29) is 11.7 Å². The van der Waals surface area contributed by atoms with Gasteiger partial charge in [0.05, 0.1) is 6.10 Å². The summed E-state index contributed by atoms with van der Waals surface area (Å²) in [7, 11) is 0. The summed E-state index contributed by atoms with van der Waals surface area (Å²) in [6, 6.07) is 3.43. The maximum absolute atomic E-state index is 11.2. The first-order valence-electron chi connectivity index (χ1n) is 5.65. The summed E-state index contributed by atoms with van der Waals surface area (Å²) >= 11 is 3.29. The molecule has 1 atom stereocenters. The molecular weight excluding hydrogens is 284 g/mol. The Hall–Kier alpha value is -1.03. The van der Waals surface area contributed by atoms with E-state index in [1.165, 1.54) is 0 Å². The summed E-state index contributed by atoms with van der Waals surface area (Å²) in [5.74, 6) is -0.491. The lowest BCUT2D eigenvalue weighted by Crippen LogP contribution is -2.14. The van der Waals surface area contributed by atoms with Crippen LogP contribution in [0, 0.1) is 6.92 Å². The molecule has 1 aromatic carbocycles. The quantitative estimate of drug-likeness (QED) is 0.893. The smallest absolute Gasteiger partial charge is 0.339 e. The number of carboxylic acids is 1. The molecule has 0 saturated heterocycles. The third-order valence-electron chi connectivity index (χ3n) is 2.48. The largest absolute Gasteiger partial charge is 0.490 e. The van der Waals surface area contributed by atoms with E-state index in [1.54, 1.807) is 6.07 Å². The van der Waals surface area contributed by atoms with E-state index in [1.807, 2.05) is 19.9 Å². The number of aromatic carboxylic acids is 1. The highest BCUT2D eigenvalue weighted by Gasteiger charge is 2.17. The standard InChI is InChI=1S/C13H17BrO3/c1-4-5-9(3)17-12-8(2)6-10(14)7-11(12)13(15)16/h6-7,9H,4-5H2,1-3H3,(H,15,16). The minimum atomic E-state index is -0.965. The van der Waals surface area contributed by atoms with Crippen LogP contribution in [0.1, 0.15) is 42.6 Å². The van der Waals surface area contributed by atoms with Crippen molar-refractivity contribution in [2.45, 2.75) is 39.7 Å². The lowest BCUT2D eigenvalue weighted by Gasteiger charge is -2.18. The van der Waals surface area contributed by atoms with Gasteiger partial charge in [0.2, 0.25) is 0 Å². The lowest BCUT2D eigenvalue weighted by molar-refractivity contribution is 0.0689. The molecule has 0 aliphatic carbocycles. The predicted molar refractivity (Wildman–Crippen MR) is 70.8 cm³/mol.